The van der Waals surface area contributed by atoms with Crippen LogP contribution in [0.1, 0.15) is 6.42 Å². The molecule has 3 N–H and O–H groups in total. The molecule has 76 valence electrons. The predicted molar refractivity (Wildman–Crippen MR) is 60.7 cm³/mol. The van der Waals surface area contributed by atoms with Crippen molar-refractivity contribution in [3.05, 3.63) is 30.9 Å². The van der Waals surface area contributed by atoms with Gasteiger partial charge in [0.2, 0.25) is 0 Å². The number of rotatable bonds is 5. The molecule has 0 aromatic heterocycles. The molecule has 0 saturated carbocycles. The molecular weight excluding hydrogens is 176 g/mol. The summed E-state index contributed by atoms with van der Waals surface area (Å²) < 4.78 is 5.10. The van der Waals surface area contributed by atoms with Crippen LogP contribution in [0.2, 0.25) is 0 Å². The minimum atomic E-state index is 0.731. The van der Waals surface area contributed by atoms with Gasteiger partial charge in [-0.15, -0.1) is 6.58 Å². The summed E-state index contributed by atoms with van der Waals surface area (Å²) in [6, 6.07) is 5.56. The third kappa shape index (κ3) is 2.69. The van der Waals surface area contributed by atoms with Crippen LogP contribution in [-0.4, -0.2) is 13.7 Å². The number of ether oxygens (including phenoxy) is 1. The molecule has 0 aliphatic heterocycles. The van der Waals surface area contributed by atoms with E-state index < -0.39 is 0 Å². The molecule has 0 saturated heterocycles. The van der Waals surface area contributed by atoms with E-state index in [-0.39, 0.29) is 0 Å². The number of benzene rings is 1. The molecular formula is C11H16N2O. The summed E-state index contributed by atoms with van der Waals surface area (Å²) in [7, 11) is 1.64. The molecule has 0 spiro atoms. The quantitative estimate of drug-likeness (QED) is 0.427. The Bertz CT molecular complexity index is 310. The van der Waals surface area contributed by atoms with E-state index in [2.05, 4.69) is 11.9 Å². The minimum absolute atomic E-state index is 0.731. The van der Waals surface area contributed by atoms with Gasteiger partial charge in [-0.3, -0.25) is 0 Å². The average Bonchev–Trinajstić information content (AvgIpc) is 2.21. The van der Waals surface area contributed by atoms with Gasteiger partial charge in [0.1, 0.15) is 5.75 Å². The molecule has 1 aromatic carbocycles. The number of nitrogen functional groups attached to an aromatic ring is 1. The molecule has 3 nitrogen and oxygen atoms in total. The van der Waals surface area contributed by atoms with Crippen LogP contribution in [0.3, 0.4) is 0 Å². The van der Waals surface area contributed by atoms with Crippen LogP contribution in [0.4, 0.5) is 11.4 Å². The zero-order valence-corrected chi connectivity index (χ0v) is 8.42. The Balaban J connectivity index is 2.68. The van der Waals surface area contributed by atoms with Crippen molar-refractivity contribution in [1.29, 1.82) is 0 Å². The number of hydrogen-bond acceptors (Lipinski definition) is 3. The number of methoxy groups -OCH3 is 1. The summed E-state index contributed by atoms with van der Waals surface area (Å²) in [5, 5.41) is 3.21. The van der Waals surface area contributed by atoms with Gasteiger partial charge >= 0.3 is 0 Å². The molecule has 0 aliphatic carbocycles. The van der Waals surface area contributed by atoms with Gasteiger partial charge in [-0.2, -0.15) is 0 Å². The highest BCUT2D eigenvalue weighted by Crippen LogP contribution is 2.24. The number of hydrogen-bond donors (Lipinski definition) is 2. The monoisotopic (exact) mass is 192 g/mol. The second-order valence-corrected chi connectivity index (χ2v) is 2.96. The fourth-order valence-corrected chi connectivity index (χ4v) is 1.12. The second-order valence-electron chi connectivity index (χ2n) is 2.96. The lowest BCUT2D eigenvalue weighted by atomic mass is 10.2. The summed E-state index contributed by atoms with van der Waals surface area (Å²) in [6.07, 6.45) is 2.78. The second kappa shape index (κ2) is 5.17. The van der Waals surface area contributed by atoms with Crippen molar-refractivity contribution in [2.75, 3.05) is 24.7 Å². The topological polar surface area (TPSA) is 47.3 Å². The minimum Gasteiger partial charge on any atom is -0.497 e. The Morgan fingerprint density at radius 3 is 3.00 bits per heavy atom. The first kappa shape index (κ1) is 10.4. The SMILES string of the molecule is C=CCCNc1cc(OC)ccc1N. The molecule has 1 rings (SSSR count). The van der Waals surface area contributed by atoms with Crippen molar-refractivity contribution in [1.82, 2.24) is 0 Å². The van der Waals surface area contributed by atoms with Crippen molar-refractivity contribution >= 4 is 11.4 Å². The van der Waals surface area contributed by atoms with Gasteiger partial charge in [-0.05, 0) is 18.6 Å². The van der Waals surface area contributed by atoms with Crippen LogP contribution in [0.15, 0.2) is 30.9 Å². The van der Waals surface area contributed by atoms with E-state index in [1.54, 1.807) is 7.11 Å². The highest BCUT2D eigenvalue weighted by atomic mass is 16.5. The van der Waals surface area contributed by atoms with Gasteiger partial charge in [0, 0.05) is 12.6 Å². The van der Waals surface area contributed by atoms with E-state index in [0.29, 0.717) is 0 Å². The van der Waals surface area contributed by atoms with E-state index in [1.165, 1.54) is 0 Å². The Morgan fingerprint density at radius 1 is 1.57 bits per heavy atom. The summed E-state index contributed by atoms with van der Waals surface area (Å²) in [5.41, 5.74) is 7.42. The van der Waals surface area contributed by atoms with E-state index >= 15 is 0 Å². The maximum absolute atomic E-state index is 5.78. The lowest BCUT2D eigenvalue weighted by Gasteiger charge is -2.09. The Hall–Kier alpha value is -1.64. The average molecular weight is 192 g/mol. The smallest absolute Gasteiger partial charge is 0.121 e. The highest BCUT2D eigenvalue weighted by molar-refractivity contribution is 5.68. The van der Waals surface area contributed by atoms with Crippen LogP contribution in [-0.2, 0) is 0 Å². The third-order valence-electron chi connectivity index (χ3n) is 1.92. The van der Waals surface area contributed by atoms with Gasteiger partial charge in [-0.25, -0.2) is 0 Å². The van der Waals surface area contributed by atoms with E-state index in [1.807, 2.05) is 24.3 Å². The Morgan fingerprint density at radius 2 is 2.36 bits per heavy atom. The van der Waals surface area contributed by atoms with Gasteiger partial charge in [0.05, 0.1) is 18.5 Å². The molecule has 0 radical (unpaired) electrons. The van der Waals surface area contributed by atoms with Crippen molar-refractivity contribution in [3.63, 3.8) is 0 Å². The lowest BCUT2D eigenvalue weighted by molar-refractivity contribution is 0.415. The fraction of sp³-hybridized carbons (Fsp3) is 0.273. The standard InChI is InChI=1S/C11H16N2O/c1-3-4-7-13-11-8-9(14-2)5-6-10(11)12/h3,5-6,8,13H,1,4,7,12H2,2H3. The Labute approximate surface area is 84.6 Å². The number of nitrogens with two attached hydrogens (primary N) is 1. The molecule has 0 heterocycles. The summed E-state index contributed by atoms with van der Waals surface area (Å²) in [4.78, 5) is 0. The molecule has 0 atom stereocenters. The van der Waals surface area contributed by atoms with Gasteiger partial charge in [0.25, 0.3) is 0 Å². The zero-order valence-electron chi connectivity index (χ0n) is 8.42. The van der Waals surface area contributed by atoms with Crippen LogP contribution in [0, 0.1) is 0 Å². The van der Waals surface area contributed by atoms with Crippen molar-refractivity contribution < 1.29 is 4.74 Å². The molecule has 3 heteroatoms. The van der Waals surface area contributed by atoms with Gasteiger partial charge in [0.15, 0.2) is 0 Å². The van der Waals surface area contributed by atoms with Crippen molar-refractivity contribution in [3.8, 4) is 5.75 Å². The molecule has 1 aromatic rings. The highest BCUT2D eigenvalue weighted by Gasteiger charge is 1.99. The number of anilines is 2. The zero-order chi connectivity index (χ0) is 10.4. The predicted octanol–water partition coefficient (Wildman–Crippen LogP) is 2.27. The Kier molecular flexibility index (Phi) is 3.85. The third-order valence-corrected chi connectivity index (χ3v) is 1.92. The summed E-state index contributed by atoms with van der Waals surface area (Å²) in [6.45, 7) is 4.49. The van der Waals surface area contributed by atoms with Crippen LogP contribution >= 0.6 is 0 Å². The van der Waals surface area contributed by atoms with Gasteiger partial charge < -0.3 is 15.8 Å². The lowest BCUT2D eigenvalue weighted by Crippen LogP contribution is -2.03. The molecule has 0 bridgehead atoms. The first-order valence-corrected chi connectivity index (χ1v) is 4.56. The van der Waals surface area contributed by atoms with E-state index in [0.717, 1.165) is 30.1 Å². The largest absolute Gasteiger partial charge is 0.497 e. The molecule has 0 aliphatic rings. The molecule has 0 amide bonds. The maximum atomic E-state index is 5.78. The van der Waals surface area contributed by atoms with E-state index in [9.17, 15) is 0 Å². The molecule has 0 unspecified atom stereocenters. The molecule has 0 fully saturated rings. The van der Waals surface area contributed by atoms with Crippen molar-refractivity contribution in [2.24, 2.45) is 0 Å². The van der Waals surface area contributed by atoms with Crippen molar-refractivity contribution in [2.45, 2.75) is 6.42 Å². The van der Waals surface area contributed by atoms with Crippen LogP contribution in [0.25, 0.3) is 0 Å². The summed E-state index contributed by atoms with van der Waals surface area (Å²) in [5.74, 6) is 0.806. The summed E-state index contributed by atoms with van der Waals surface area (Å²) >= 11 is 0. The van der Waals surface area contributed by atoms with Gasteiger partial charge in [-0.1, -0.05) is 6.08 Å². The maximum Gasteiger partial charge on any atom is 0.121 e. The normalized spacial score (nSPS) is 9.50. The number of nitrogens with one attached hydrogen (secondary N) is 1. The first-order chi connectivity index (χ1) is 6.77. The van der Waals surface area contributed by atoms with Crippen LogP contribution < -0.4 is 15.8 Å². The van der Waals surface area contributed by atoms with Crippen LogP contribution in [0.5, 0.6) is 5.75 Å². The first-order valence-electron chi connectivity index (χ1n) is 4.56. The van der Waals surface area contributed by atoms with E-state index in [4.69, 9.17) is 10.5 Å². The molecule has 14 heavy (non-hydrogen) atoms. The fourth-order valence-electron chi connectivity index (χ4n) is 1.12.